The van der Waals surface area contributed by atoms with E-state index in [0.29, 0.717) is 17.0 Å². The van der Waals surface area contributed by atoms with Gasteiger partial charge in [-0.25, -0.2) is 4.39 Å². The molecule has 2 rings (SSSR count). The molecule has 0 radical (unpaired) electrons. The highest BCUT2D eigenvalue weighted by Crippen LogP contribution is 2.22. The van der Waals surface area contributed by atoms with Crippen LogP contribution in [0.4, 0.5) is 4.39 Å². The van der Waals surface area contributed by atoms with E-state index in [0.717, 1.165) is 17.7 Å². The summed E-state index contributed by atoms with van der Waals surface area (Å²) in [7, 11) is 1.62. The normalized spacial score (nSPS) is 12.2. The minimum absolute atomic E-state index is 0.224. The molecule has 4 heteroatoms. The minimum Gasteiger partial charge on any atom is -0.497 e. The Hall–Kier alpha value is -1.58. The van der Waals surface area contributed by atoms with Gasteiger partial charge in [0.15, 0.2) is 0 Å². The van der Waals surface area contributed by atoms with Crippen molar-refractivity contribution in [1.82, 2.24) is 0 Å². The zero-order chi connectivity index (χ0) is 15.2. The topological polar surface area (TPSA) is 29.5 Å². The zero-order valence-corrected chi connectivity index (χ0v) is 12.6. The van der Waals surface area contributed by atoms with Crippen LogP contribution >= 0.6 is 11.6 Å². The number of benzene rings is 2. The average molecular weight is 309 g/mol. The molecule has 2 nitrogen and oxygen atoms in total. The van der Waals surface area contributed by atoms with Crippen molar-refractivity contribution in [1.29, 1.82) is 0 Å². The molecule has 112 valence electrons. The lowest BCUT2D eigenvalue weighted by atomic mass is 10.0. The largest absolute Gasteiger partial charge is 0.497 e. The summed E-state index contributed by atoms with van der Waals surface area (Å²) in [6.07, 6.45) is 0.872. The van der Waals surface area contributed by atoms with E-state index in [1.54, 1.807) is 19.2 Å². The molecular formula is C17H18ClFO2. The van der Waals surface area contributed by atoms with Crippen molar-refractivity contribution in [2.45, 2.75) is 25.4 Å². The smallest absolute Gasteiger partial charge is 0.127 e. The Kier molecular flexibility index (Phi) is 5.59. The Balaban J connectivity index is 1.91. The number of rotatable bonds is 6. The zero-order valence-electron chi connectivity index (χ0n) is 11.9. The van der Waals surface area contributed by atoms with Crippen LogP contribution in [0.2, 0.25) is 5.02 Å². The van der Waals surface area contributed by atoms with Crippen LogP contribution in [0.5, 0.6) is 5.75 Å². The molecule has 2 aromatic carbocycles. The van der Waals surface area contributed by atoms with Gasteiger partial charge in [0, 0.05) is 17.0 Å². The van der Waals surface area contributed by atoms with Crippen molar-refractivity contribution < 1.29 is 14.2 Å². The molecule has 2 aromatic rings. The summed E-state index contributed by atoms with van der Waals surface area (Å²) < 4.78 is 18.7. The molecule has 0 spiro atoms. The van der Waals surface area contributed by atoms with E-state index in [-0.39, 0.29) is 12.2 Å². The molecular weight excluding hydrogens is 291 g/mol. The molecule has 1 unspecified atom stereocenters. The summed E-state index contributed by atoms with van der Waals surface area (Å²) in [6.45, 7) is 0. The fourth-order valence-electron chi connectivity index (χ4n) is 2.19. The first-order chi connectivity index (χ1) is 10.1. The lowest BCUT2D eigenvalue weighted by Crippen LogP contribution is -2.13. The number of aliphatic hydroxyl groups is 1. The van der Waals surface area contributed by atoms with E-state index in [9.17, 15) is 9.50 Å². The second-order valence-corrected chi connectivity index (χ2v) is 5.35. The van der Waals surface area contributed by atoms with Crippen LogP contribution in [0.3, 0.4) is 0 Å². The summed E-state index contributed by atoms with van der Waals surface area (Å²) in [6, 6.07) is 12.2. The Morgan fingerprint density at radius 3 is 2.52 bits per heavy atom. The molecule has 0 amide bonds. The van der Waals surface area contributed by atoms with Gasteiger partial charge >= 0.3 is 0 Å². The molecule has 0 fully saturated rings. The Morgan fingerprint density at radius 2 is 1.90 bits per heavy atom. The van der Waals surface area contributed by atoms with E-state index >= 15 is 0 Å². The summed E-state index contributed by atoms with van der Waals surface area (Å²) in [5, 5.41) is 10.4. The maximum Gasteiger partial charge on any atom is 0.127 e. The first kappa shape index (κ1) is 15.8. The van der Waals surface area contributed by atoms with E-state index in [1.807, 2.05) is 24.3 Å². The lowest BCUT2D eigenvalue weighted by molar-refractivity contribution is 0.164. The molecule has 21 heavy (non-hydrogen) atoms. The van der Waals surface area contributed by atoms with E-state index in [4.69, 9.17) is 16.3 Å². The number of aliphatic hydroxyl groups excluding tert-OH is 1. The van der Waals surface area contributed by atoms with Crippen molar-refractivity contribution >= 4 is 11.6 Å². The van der Waals surface area contributed by atoms with Gasteiger partial charge in [-0.1, -0.05) is 29.8 Å². The van der Waals surface area contributed by atoms with Crippen LogP contribution in [0.15, 0.2) is 42.5 Å². The van der Waals surface area contributed by atoms with Crippen molar-refractivity contribution in [3.05, 3.63) is 64.4 Å². The number of hydrogen-bond acceptors (Lipinski definition) is 2. The maximum atomic E-state index is 13.6. The van der Waals surface area contributed by atoms with Crippen LogP contribution in [0.1, 0.15) is 17.5 Å². The van der Waals surface area contributed by atoms with E-state index in [2.05, 4.69) is 0 Å². The van der Waals surface area contributed by atoms with Gasteiger partial charge in [0.2, 0.25) is 0 Å². The van der Waals surface area contributed by atoms with Gasteiger partial charge in [0.25, 0.3) is 0 Å². The third kappa shape index (κ3) is 4.45. The van der Waals surface area contributed by atoms with Gasteiger partial charge in [-0.05, 0) is 42.7 Å². The fourth-order valence-corrected chi connectivity index (χ4v) is 2.43. The first-order valence-electron chi connectivity index (χ1n) is 6.84. The molecule has 1 N–H and O–H groups in total. The summed E-state index contributed by atoms with van der Waals surface area (Å²) in [5.74, 6) is 0.434. The van der Waals surface area contributed by atoms with Gasteiger partial charge in [0.1, 0.15) is 11.6 Å². The number of hydrogen-bond donors (Lipinski definition) is 1. The average Bonchev–Trinajstić information content (AvgIpc) is 2.49. The van der Waals surface area contributed by atoms with Crippen LogP contribution in [-0.4, -0.2) is 18.3 Å². The Morgan fingerprint density at radius 1 is 1.19 bits per heavy atom. The fraction of sp³-hybridized carbons (Fsp3) is 0.294. The highest BCUT2D eigenvalue weighted by Gasteiger charge is 2.12. The first-order valence-corrected chi connectivity index (χ1v) is 7.22. The molecule has 0 aliphatic carbocycles. The SMILES string of the molecule is COc1ccc(CCC(O)Cc2c(F)cccc2Cl)cc1. The van der Waals surface area contributed by atoms with E-state index in [1.165, 1.54) is 6.07 Å². The van der Waals surface area contributed by atoms with Gasteiger partial charge in [0.05, 0.1) is 13.2 Å². The second-order valence-electron chi connectivity index (χ2n) is 4.94. The van der Waals surface area contributed by atoms with Crippen molar-refractivity contribution in [3.8, 4) is 5.75 Å². The standard InChI is InChI=1S/C17H18ClFO2/c1-21-14-9-6-12(7-10-14)5-8-13(20)11-15-16(18)3-2-4-17(15)19/h2-4,6-7,9-10,13,20H,5,8,11H2,1H3. The predicted molar refractivity (Wildman–Crippen MR) is 82.4 cm³/mol. The predicted octanol–water partition coefficient (Wildman–Crippen LogP) is 4.02. The Bertz CT molecular complexity index is 564. The minimum atomic E-state index is -0.624. The van der Waals surface area contributed by atoms with E-state index < -0.39 is 6.10 Å². The van der Waals surface area contributed by atoms with Crippen LogP contribution in [-0.2, 0) is 12.8 Å². The lowest BCUT2D eigenvalue weighted by Gasteiger charge is -2.12. The highest BCUT2D eigenvalue weighted by atomic mass is 35.5. The third-order valence-corrected chi connectivity index (χ3v) is 3.78. The summed E-state index contributed by atoms with van der Waals surface area (Å²) >= 11 is 5.96. The van der Waals surface area contributed by atoms with Crippen LogP contribution in [0.25, 0.3) is 0 Å². The van der Waals surface area contributed by atoms with Gasteiger partial charge < -0.3 is 9.84 Å². The highest BCUT2D eigenvalue weighted by molar-refractivity contribution is 6.31. The van der Waals surface area contributed by atoms with Crippen LogP contribution in [0, 0.1) is 5.82 Å². The van der Waals surface area contributed by atoms with Crippen LogP contribution < -0.4 is 4.74 Å². The third-order valence-electron chi connectivity index (χ3n) is 3.43. The molecule has 0 bridgehead atoms. The van der Waals surface area contributed by atoms with Crippen molar-refractivity contribution in [2.75, 3.05) is 7.11 Å². The summed E-state index contributed by atoms with van der Waals surface area (Å²) in [4.78, 5) is 0. The molecule has 0 saturated heterocycles. The monoisotopic (exact) mass is 308 g/mol. The molecule has 0 saturated carbocycles. The quantitative estimate of drug-likeness (QED) is 0.873. The number of ether oxygens (including phenoxy) is 1. The van der Waals surface area contributed by atoms with Gasteiger partial charge in [-0.15, -0.1) is 0 Å². The molecule has 0 heterocycles. The number of aryl methyl sites for hydroxylation is 1. The van der Waals surface area contributed by atoms with Crippen molar-refractivity contribution in [2.24, 2.45) is 0 Å². The van der Waals surface area contributed by atoms with Gasteiger partial charge in [-0.3, -0.25) is 0 Å². The summed E-state index contributed by atoms with van der Waals surface area (Å²) in [5.41, 5.74) is 1.48. The molecule has 0 aromatic heterocycles. The molecule has 0 aliphatic rings. The second kappa shape index (κ2) is 7.43. The number of halogens is 2. The number of methoxy groups -OCH3 is 1. The van der Waals surface area contributed by atoms with Gasteiger partial charge in [-0.2, -0.15) is 0 Å². The molecule has 1 atom stereocenters. The Labute approximate surface area is 129 Å². The molecule has 0 aliphatic heterocycles. The van der Waals surface area contributed by atoms with Crippen molar-refractivity contribution in [3.63, 3.8) is 0 Å². The maximum absolute atomic E-state index is 13.6.